The van der Waals surface area contributed by atoms with Gasteiger partial charge in [0.25, 0.3) is 5.91 Å². The Labute approximate surface area is 161 Å². The number of amides is 1. The lowest BCUT2D eigenvalue weighted by Crippen LogP contribution is -2.17. The molecule has 1 atom stereocenters. The Bertz CT molecular complexity index is 859. The van der Waals surface area contributed by atoms with Crippen LogP contribution in [0.5, 0.6) is 0 Å². The molecule has 3 rings (SSSR count). The fraction of sp³-hybridized carbons (Fsp3) is 0.294. The van der Waals surface area contributed by atoms with Crippen LogP contribution in [0.3, 0.4) is 0 Å². The van der Waals surface area contributed by atoms with E-state index in [9.17, 15) is 9.90 Å². The molecule has 1 aromatic carbocycles. The smallest absolute Gasteiger partial charge is 0.280 e. The molecule has 3 aromatic rings. The number of carbonyl (C=O) groups excluding carboxylic acids is 1. The number of fused-ring (bicyclic) bond motifs is 1. The molecular formula is C17H20ClN5O2S. The lowest BCUT2D eigenvalue weighted by atomic mass is 10.1. The van der Waals surface area contributed by atoms with Gasteiger partial charge in [0, 0.05) is 13.6 Å². The van der Waals surface area contributed by atoms with Crippen molar-refractivity contribution in [2.75, 3.05) is 18.9 Å². The topological polar surface area (TPSA) is 100 Å². The number of nitrogens with zero attached hydrogens (tertiary/aromatic N) is 3. The molecule has 0 saturated heterocycles. The second kappa shape index (κ2) is 9.42. The van der Waals surface area contributed by atoms with E-state index in [4.69, 9.17) is 0 Å². The highest BCUT2D eigenvalue weighted by molar-refractivity contribution is 7.19. The molecule has 0 aliphatic heterocycles. The summed E-state index contributed by atoms with van der Waals surface area (Å²) in [7, 11) is 1.57. The lowest BCUT2D eigenvalue weighted by molar-refractivity contribution is 0.0963. The van der Waals surface area contributed by atoms with Crippen molar-refractivity contribution in [1.29, 1.82) is 0 Å². The van der Waals surface area contributed by atoms with Crippen LogP contribution in [0.2, 0.25) is 0 Å². The van der Waals surface area contributed by atoms with E-state index in [-0.39, 0.29) is 18.3 Å². The molecule has 26 heavy (non-hydrogen) atoms. The van der Waals surface area contributed by atoms with Crippen molar-refractivity contribution < 1.29 is 9.90 Å². The number of aliphatic hydroxyl groups is 1. The summed E-state index contributed by atoms with van der Waals surface area (Å²) in [5.74, 6) is 0.366. The molecule has 0 fully saturated rings. The van der Waals surface area contributed by atoms with E-state index in [1.54, 1.807) is 7.05 Å². The van der Waals surface area contributed by atoms with E-state index in [2.05, 4.69) is 25.6 Å². The maximum Gasteiger partial charge on any atom is 0.280 e. The summed E-state index contributed by atoms with van der Waals surface area (Å²) in [4.78, 5) is 25.1. The molecule has 0 radical (unpaired) electrons. The van der Waals surface area contributed by atoms with Crippen LogP contribution in [-0.2, 0) is 0 Å². The van der Waals surface area contributed by atoms with Gasteiger partial charge in [-0.1, -0.05) is 41.7 Å². The molecule has 0 spiro atoms. The SMILES string of the molecule is CNC(=O)c1nc2c(NCCCC(O)c3ccccc3)ncnc2s1.Cl. The number of hydrogen-bond acceptors (Lipinski definition) is 7. The Morgan fingerprint density at radius 2 is 2.04 bits per heavy atom. The second-order valence-electron chi connectivity index (χ2n) is 5.47. The number of rotatable bonds is 7. The van der Waals surface area contributed by atoms with Gasteiger partial charge < -0.3 is 15.7 Å². The number of aromatic nitrogens is 3. The van der Waals surface area contributed by atoms with E-state index >= 15 is 0 Å². The Morgan fingerprint density at radius 3 is 2.77 bits per heavy atom. The average Bonchev–Trinajstić information content (AvgIpc) is 3.10. The van der Waals surface area contributed by atoms with Crippen LogP contribution in [-0.4, -0.2) is 39.6 Å². The van der Waals surface area contributed by atoms with Gasteiger partial charge in [0.05, 0.1) is 6.10 Å². The predicted molar refractivity (Wildman–Crippen MR) is 105 cm³/mol. The number of carbonyl (C=O) groups is 1. The first-order valence-corrected chi connectivity index (χ1v) is 8.81. The summed E-state index contributed by atoms with van der Waals surface area (Å²) >= 11 is 1.23. The van der Waals surface area contributed by atoms with Crippen molar-refractivity contribution in [2.24, 2.45) is 0 Å². The largest absolute Gasteiger partial charge is 0.388 e. The lowest BCUT2D eigenvalue weighted by Gasteiger charge is -2.11. The van der Waals surface area contributed by atoms with Gasteiger partial charge >= 0.3 is 0 Å². The van der Waals surface area contributed by atoms with Crippen molar-refractivity contribution in [3.63, 3.8) is 0 Å². The summed E-state index contributed by atoms with van der Waals surface area (Å²) in [5.41, 5.74) is 1.51. The zero-order valence-electron chi connectivity index (χ0n) is 14.2. The molecule has 9 heteroatoms. The number of benzene rings is 1. The van der Waals surface area contributed by atoms with E-state index in [1.165, 1.54) is 17.7 Å². The van der Waals surface area contributed by atoms with Crippen molar-refractivity contribution in [2.45, 2.75) is 18.9 Å². The molecule has 2 heterocycles. The third kappa shape index (κ3) is 4.66. The molecule has 3 N–H and O–H groups in total. The molecule has 0 aliphatic carbocycles. The van der Waals surface area contributed by atoms with Crippen molar-refractivity contribution in [3.8, 4) is 0 Å². The number of hydrogen-bond donors (Lipinski definition) is 3. The Kier molecular flexibility index (Phi) is 7.26. The van der Waals surface area contributed by atoms with Crippen LogP contribution in [0.25, 0.3) is 10.3 Å². The zero-order valence-corrected chi connectivity index (χ0v) is 15.8. The summed E-state index contributed by atoms with van der Waals surface area (Å²) in [5, 5.41) is 16.3. The summed E-state index contributed by atoms with van der Waals surface area (Å²) < 4.78 is 0. The minimum Gasteiger partial charge on any atom is -0.388 e. The van der Waals surface area contributed by atoms with Crippen molar-refractivity contribution >= 4 is 45.8 Å². The molecule has 0 aliphatic rings. The van der Waals surface area contributed by atoms with E-state index in [0.29, 0.717) is 34.1 Å². The summed E-state index contributed by atoms with van der Waals surface area (Å²) in [6.45, 7) is 0.642. The van der Waals surface area contributed by atoms with Crippen molar-refractivity contribution in [1.82, 2.24) is 20.3 Å². The van der Waals surface area contributed by atoms with Gasteiger partial charge in [-0.2, -0.15) is 0 Å². The highest BCUT2D eigenvalue weighted by atomic mass is 35.5. The first kappa shape index (κ1) is 20.0. The predicted octanol–water partition coefficient (Wildman–Crippen LogP) is 2.79. The van der Waals surface area contributed by atoms with Crippen LogP contribution in [0.15, 0.2) is 36.7 Å². The standard InChI is InChI=1S/C17H19N5O2S.ClH/c1-18-15(24)17-22-13-14(20-10-21-16(13)25-17)19-9-5-8-12(23)11-6-3-2-4-7-11;/h2-4,6-7,10,12,23H,5,8-9H2,1H3,(H,18,24)(H,19,20,21);1H. The summed E-state index contributed by atoms with van der Waals surface area (Å²) in [6.07, 6.45) is 2.39. The maximum atomic E-state index is 11.7. The normalized spacial score (nSPS) is 11.6. The fourth-order valence-corrected chi connectivity index (χ4v) is 3.29. The second-order valence-corrected chi connectivity index (χ2v) is 6.45. The van der Waals surface area contributed by atoms with Gasteiger partial charge in [-0.25, -0.2) is 15.0 Å². The third-order valence-corrected chi connectivity index (χ3v) is 4.71. The van der Waals surface area contributed by atoms with Crippen LogP contribution < -0.4 is 10.6 Å². The number of nitrogens with one attached hydrogen (secondary N) is 2. The number of halogens is 1. The minimum atomic E-state index is -0.479. The molecule has 7 nitrogen and oxygen atoms in total. The van der Waals surface area contributed by atoms with E-state index in [1.807, 2.05) is 30.3 Å². The molecule has 138 valence electrons. The molecule has 0 bridgehead atoms. The van der Waals surface area contributed by atoms with Gasteiger partial charge in [0.1, 0.15) is 16.7 Å². The Morgan fingerprint density at radius 1 is 1.27 bits per heavy atom. The van der Waals surface area contributed by atoms with Gasteiger partial charge in [0.15, 0.2) is 10.8 Å². The monoisotopic (exact) mass is 393 g/mol. The molecule has 1 amide bonds. The summed E-state index contributed by atoms with van der Waals surface area (Å²) in [6, 6.07) is 9.60. The zero-order chi connectivity index (χ0) is 17.6. The third-order valence-electron chi connectivity index (χ3n) is 3.75. The molecule has 1 unspecified atom stereocenters. The van der Waals surface area contributed by atoms with Gasteiger partial charge in [-0.3, -0.25) is 4.79 Å². The van der Waals surface area contributed by atoms with Gasteiger partial charge in [-0.05, 0) is 18.4 Å². The van der Waals surface area contributed by atoms with Crippen LogP contribution in [0.4, 0.5) is 5.82 Å². The van der Waals surface area contributed by atoms with Gasteiger partial charge in [0.2, 0.25) is 0 Å². The van der Waals surface area contributed by atoms with Crippen LogP contribution in [0, 0.1) is 0 Å². The first-order valence-electron chi connectivity index (χ1n) is 7.99. The number of aliphatic hydroxyl groups excluding tert-OH is 1. The van der Waals surface area contributed by atoms with E-state index < -0.39 is 6.10 Å². The van der Waals surface area contributed by atoms with Gasteiger partial charge in [-0.15, -0.1) is 12.4 Å². The first-order chi connectivity index (χ1) is 12.2. The molecular weight excluding hydrogens is 374 g/mol. The quantitative estimate of drug-likeness (QED) is 0.534. The minimum absolute atomic E-state index is 0. The average molecular weight is 394 g/mol. The van der Waals surface area contributed by atoms with Crippen molar-refractivity contribution in [3.05, 3.63) is 47.2 Å². The molecule has 0 saturated carbocycles. The Hall–Kier alpha value is -2.29. The van der Waals surface area contributed by atoms with E-state index in [0.717, 1.165) is 12.0 Å². The highest BCUT2D eigenvalue weighted by Gasteiger charge is 2.15. The fourth-order valence-electron chi connectivity index (χ4n) is 2.43. The molecule has 2 aromatic heterocycles. The number of thiazole rings is 1. The van der Waals surface area contributed by atoms with Crippen LogP contribution >= 0.6 is 23.7 Å². The maximum absolute atomic E-state index is 11.7. The Balaban J connectivity index is 0.00000243. The number of anilines is 1. The highest BCUT2D eigenvalue weighted by Crippen LogP contribution is 2.25. The van der Waals surface area contributed by atoms with Crippen LogP contribution in [0.1, 0.15) is 34.3 Å².